The Morgan fingerprint density at radius 3 is 2.24 bits per heavy atom. The molecule has 1 N–H and O–H groups in total. The van der Waals surface area contributed by atoms with Gasteiger partial charge in [0.1, 0.15) is 12.1 Å². The number of benzene rings is 2. The number of ether oxygens (including phenoxy) is 2. The molecule has 2 aromatic carbocycles. The third kappa shape index (κ3) is 7.85. The van der Waals surface area contributed by atoms with Crippen LogP contribution in [0.5, 0.6) is 0 Å². The van der Waals surface area contributed by atoms with Gasteiger partial charge in [0.05, 0.1) is 7.11 Å². The number of carbonyl (C=O) groups excluding carboxylic acids is 4. The second kappa shape index (κ2) is 14.1. The molecule has 10 heteroatoms. The van der Waals surface area contributed by atoms with E-state index in [9.17, 15) is 19.2 Å². The molecule has 2 amide bonds. The number of amides is 2. The zero-order chi connectivity index (χ0) is 29.4. The molecule has 2 saturated heterocycles. The highest BCUT2D eigenvalue weighted by atomic mass is 16.5. The van der Waals surface area contributed by atoms with Gasteiger partial charge < -0.3 is 24.6 Å². The molecule has 4 rings (SSSR count). The molecule has 0 spiro atoms. The van der Waals surface area contributed by atoms with Crippen molar-refractivity contribution in [1.82, 2.24) is 15.1 Å². The number of rotatable bonds is 10. The van der Waals surface area contributed by atoms with E-state index in [-0.39, 0.29) is 17.6 Å². The first-order chi connectivity index (χ1) is 19.8. The van der Waals surface area contributed by atoms with Crippen LogP contribution < -0.4 is 10.2 Å². The van der Waals surface area contributed by atoms with E-state index in [1.807, 2.05) is 18.2 Å². The fraction of sp³-hybridized carbons (Fsp3) is 0.484. The van der Waals surface area contributed by atoms with E-state index >= 15 is 0 Å². The maximum atomic E-state index is 13.1. The van der Waals surface area contributed by atoms with Crippen molar-refractivity contribution in [3.05, 3.63) is 65.7 Å². The minimum atomic E-state index is -0.831. The number of methoxy groups -OCH3 is 1. The van der Waals surface area contributed by atoms with Gasteiger partial charge in [0.2, 0.25) is 5.91 Å². The van der Waals surface area contributed by atoms with Crippen LogP contribution in [0.4, 0.5) is 10.5 Å². The van der Waals surface area contributed by atoms with Gasteiger partial charge in [-0.1, -0.05) is 44.2 Å². The van der Waals surface area contributed by atoms with Crippen LogP contribution in [-0.4, -0.2) is 92.1 Å². The molecule has 2 aliphatic rings. The smallest absolute Gasteiger partial charge is 0.407 e. The highest BCUT2D eigenvalue weighted by molar-refractivity contribution is 5.98. The Hall–Kier alpha value is -3.92. The summed E-state index contributed by atoms with van der Waals surface area (Å²) in [6.45, 7) is 8.25. The van der Waals surface area contributed by atoms with Gasteiger partial charge in [-0.2, -0.15) is 0 Å². The van der Waals surface area contributed by atoms with E-state index in [4.69, 9.17) is 4.74 Å². The van der Waals surface area contributed by atoms with E-state index in [1.165, 1.54) is 17.6 Å². The molecule has 0 aromatic heterocycles. The predicted molar refractivity (Wildman–Crippen MR) is 155 cm³/mol. The number of nitrogens with one attached hydrogen (secondary N) is 1. The Morgan fingerprint density at radius 2 is 1.61 bits per heavy atom. The van der Waals surface area contributed by atoms with Crippen molar-refractivity contribution in [3.63, 3.8) is 0 Å². The zero-order valence-corrected chi connectivity index (χ0v) is 24.1. The van der Waals surface area contributed by atoms with Crippen LogP contribution in [-0.2, 0) is 25.6 Å². The molecule has 0 bridgehead atoms. The first kappa shape index (κ1) is 30.0. The third-order valence-electron chi connectivity index (χ3n) is 7.72. The largest absolute Gasteiger partial charge is 0.456 e. The molecule has 2 atom stereocenters. The maximum Gasteiger partial charge on any atom is 0.407 e. The van der Waals surface area contributed by atoms with Crippen molar-refractivity contribution < 1.29 is 28.7 Å². The molecule has 2 unspecified atom stereocenters. The molecule has 0 radical (unpaired) electrons. The van der Waals surface area contributed by atoms with Crippen molar-refractivity contribution in [3.8, 4) is 0 Å². The molecular weight excluding hydrogens is 524 g/mol. The number of piperazine rings is 1. The molecular formula is C31H40N4O6. The van der Waals surface area contributed by atoms with Crippen molar-refractivity contribution in [1.29, 1.82) is 0 Å². The molecule has 0 aliphatic carbocycles. The summed E-state index contributed by atoms with van der Waals surface area (Å²) in [6, 6.07) is 16.2. The minimum absolute atomic E-state index is 0.207. The summed E-state index contributed by atoms with van der Waals surface area (Å²) in [5.74, 6) is -1.50. The van der Waals surface area contributed by atoms with Crippen LogP contribution in [0, 0.1) is 5.92 Å². The second-order valence-corrected chi connectivity index (χ2v) is 10.9. The Labute approximate surface area is 241 Å². The average Bonchev–Trinajstić information content (AvgIpc) is 3.49. The molecule has 10 nitrogen and oxygen atoms in total. The predicted octanol–water partition coefficient (Wildman–Crippen LogP) is 3.11. The number of esters is 1. The number of likely N-dealkylation sites (tertiary alicyclic amines) is 1. The lowest BCUT2D eigenvalue weighted by Crippen LogP contribution is -2.54. The lowest BCUT2D eigenvalue weighted by atomic mass is 10.0. The normalized spacial score (nSPS) is 18.2. The van der Waals surface area contributed by atoms with E-state index in [0.29, 0.717) is 24.9 Å². The summed E-state index contributed by atoms with van der Waals surface area (Å²) >= 11 is 0. The highest BCUT2D eigenvalue weighted by Crippen LogP contribution is 2.22. The third-order valence-corrected chi connectivity index (χ3v) is 7.72. The quantitative estimate of drug-likeness (QED) is 0.347. The van der Waals surface area contributed by atoms with Crippen molar-refractivity contribution in [2.24, 2.45) is 5.92 Å². The van der Waals surface area contributed by atoms with Crippen molar-refractivity contribution in [2.45, 2.75) is 45.3 Å². The van der Waals surface area contributed by atoms with Gasteiger partial charge in [-0.15, -0.1) is 0 Å². The number of carbonyl (C=O) groups is 4. The van der Waals surface area contributed by atoms with Gasteiger partial charge in [-0.05, 0) is 48.6 Å². The van der Waals surface area contributed by atoms with Gasteiger partial charge in [0, 0.05) is 50.5 Å². The van der Waals surface area contributed by atoms with Crippen molar-refractivity contribution >= 4 is 29.4 Å². The summed E-state index contributed by atoms with van der Waals surface area (Å²) in [5.41, 5.74) is 2.83. The summed E-state index contributed by atoms with van der Waals surface area (Å²) in [4.78, 5) is 56.7. The molecule has 2 aliphatic heterocycles. The first-order valence-corrected chi connectivity index (χ1v) is 14.2. The zero-order valence-electron chi connectivity index (χ0n) is 24.1. The molecule has 2 aromatic rings. The van der Waals surface area contributed by atoms with E-state index in [2.05, 4.69) is 44.1 Å². The number of Topliss-reactive ketones (excluding diaryl/α,β-unsaturated/α-hetero) is 1. The van der Waals surface area contributed by atoms with E-state index in [1.54, 1.807) is 26.0 Å². The number of hydrogen-bond donors (Lipinski definition) is 1. The van der Waals surface area contributed by atoms with Gasteiger partial charge in [0.15, 0.2) is 12.4 Å². The number of alkyl carbamates (subject to hydrolysis) is 1. The van der Waals surface area contributed by atoms with Gasteiger partial charge in [-0.3, -0.25) is 14.5 Å². The number of anilines is 1. The number of nitrogens with zero attached hydrogens (tertiary/aromatic N) is 3. The van der Waals surface area contributed by atoms with Crippen LogP contribution in [0.15, 0.2) is 54.6 Å². The van der Waals surface area contributed by atoms with Crippen LogP contribution in [0.2, 0.25) is 0 Å². The fourth-order valence-electron chi connectivity index (χ4n) is 5.33. The Bertz CT molecular complexity index is 1190. The second-order valence-electron chi connectivity index (χ2n) is 10.9. The number of hydrogen-bond acceptors (Lipinski definition) is 8. The van der Waals surface area contributed by atoms with Crippen LogP contribution in [0.25, 0.3) is 0 Å². The average molecular weight is 565 g/mol. The Balaban J connectivity index is 1.26. The molecule has 2 heterocycles. The molecule has 220 valence electrons. The standard InChI is InChI=1S/C31H40N4O6/c1-22(2)28(32-31(39)40-3)29(37)35-15-7-10-26(35)30(38)41-21-27(36)24-11-13-25(14-12-24)34-18-16-33(17-19-34)20-23-8-5-4-6-9-23/h4-6,8-9,11-14,22,26,28H,7,10,15-21H2,1-3H3,(H,32,39). The summed E-state index contributed by atoms with van der Waals surface area (Å²) in [6.07, 6.45) is 0.358. The SMILES string of the molecule is COC(=O)NC(C(=O)N1CCCC1C(=O)OCC(=O)c1ccc(N2CCN(Cc3ccccc3)CC2)cc1)C(C)C. The number of ketones is 1. The van der Waals surface area contributed by atoms with Crippen LogP contribution in [0.1, 0.15) is 42.6 Å². The molecule has 2 fully saturated rings. The monoisotopic (exact) mass is 564 g/mol. The Kier molecular flexibility index (Phi) is 10.3. The van der Waals surface area contributed by atoms with Gasteiger partial charge >= 0.3 is 12.1 Å². The van der Waals surface area contributed by atoms with Gasteiger partial charge in [-0.25, -0.2) is 9.59 Å². The fourth-order valence-corrected chi connectivity index (χ4v) is 5.33. The Morgan fingerprint density at radius 1 is 0.927 bits per heavy atom. The summed E-state index contributed by atoms with van der Waals surface area (Å²) < 4.78 is 10.00. The lowest BCUT2D eigenvalue weighted by Gasteiger charge is -2.36. The van der Waals surface area contributed by atoms with E-state index in [0.717, 1.165) is 38.4 Å². The summed E-state index contributed by atoms with van der Waals surface area (Å²) in [5, 5.41) is 2.55. The van der Waals surface area contributed by atoms with Crippen LogP contribution >= 0.6 is 0 Å². The minimum Gasteiger partial charge on any atom is -0.456 e. The maximum absolute atomic E-state index is 13.1. The molecule has 41 heavy (non-hydrogen) atoms. The molecule has 0 saturated carbocycles. The highest BCUT2D eigenvalue weighted by Gasteiger charge is 2.39. The lowest BCUT2D eigenvalue weighted by molar-refractivity contribution is -0.153. The van der Waals surface area contributed by atoms with Crippen LogP contribution in [0.3, 0.4) is 0 Å². The van der Waals surface area contributed by atoms with Crippen molar-refractivity contribution in [2.75, 3.05) is 51.3 Å². The van der Waals surface area contributed by atoms with E-state index < -0.39 is 30.8 Å². The summed E-state index contributed by atoms with van der Waals surface area (Å²) in [7, 11) is 1.23. The topological polar surface area (TPSA) is 108 Å². The van der Waals surface area contributed by atoms with Gasteiger partial charge in [0.25, 0.3) is 0 Å². The first-order valence-electron chi connectivity index (χ1n) is 14.2.